The molecule has 0 aliphatic carbocycles. The van der Waals surface area contributed by atoms with Gasteiger partial charge in [0.2, 0.25) is 10.0 Å². The fourth-order valence-corrected chi connectivity index (χ4v) is 6.16. The van der Waals surface area contributed by atoms with Gasteiger partial charge in [-0.25, -0.2) is 8.42 Å². The van der Waals surface area contributed by atoms with Crippen LogP contribution in [0.3, 0.4) is 0 Å². The van der Waals surface area contributed by atoms with Gasteiger partial charge in [-0.3, -0.25) is 0 Å². The van der Waals surface area contributed by atoms with E-state index in [1.54, 1.807) is 16.1 Å². The number of rotatable bonds is 5. The van der Waals surface area contributed by atoms with Gasteiger partial charge in [0.1, 0.15) is 13.2 Å². The molecule has 122 valence electrons. The number of sulfonamides is 1. The van der Waals surface area contributed by atoms with Gasteiger partial charge < -0.3 is 9.47 Å². The van der Waals surface area contributed by atoms with Crippen molar-refractivity contribution in [2.75, 3.05) is 31.3 Å². The van der Waals surface area contributed by atoms with Gasteiger partial charge in [-0.1, -0.05) is 19.4 Å². The van der Waals surface area contributed by atoms with E-state index in [2.05, 4.69) is 0 Å². The normalized spacial score (nSPS) is 22.0. The molecule has 0 bridgehead atoms. The summed E-state index contributed by atoms with van der Waals surface area (Å²) in [5.74, 6) is 2.50. The molecule has 0 N–H and O–H groups in total. The van der Waals surface area contributed by atoms with Crippen LogP contribution in [0.25, 0.3) is 0 Å². The van der Waals surface area contributed by atoms with Crippen molar-refractivity contribution in [2.45, 2.75) is 25.1 Å². The lowest BCUT2D eigenvalue weighted by molar-refractivity contribution is 0.171. The molecule has 2 aliphatic heterocycles. The van der Waals surface area contributed by atoms with Crippen LogP contribution in [-0.4, -0.2) is 44.0 Å². The van der Waals surface area contributed by atoms with Gasteiger partial charge >= 0.3 is 0 Å². The standard InChI is InChI=1S/C15H21NO4S2/c1-2-3-10-22(17,18)16-6-9-21-15(16)12-4-5-13-14(11-12)20-8-7-19-13/h4-5,11,15H,2-3,6-10H2,1H3. The summed E-state index contributed by atoms with van der Waals surface area (Å²) in [5.41, 5.74) is 0.965. The average molecular weight is 343 g/mol. The molecule has 1 aromatic rings. The highest BCUT2D eigenvalue weighted by atomic mass is 32.2. The molecule has 1 atom stereocenters. The minimum atomic E-state index is -3.20. The molecule has 7 heteroatoms. The molecule has 1 fully saturated rings. The number of nitrogens with zero attached hydrogens (tertiary/aromatic N) is 1. The highest BCUT2D eigenvalue weighted by molar-refractivity contribution is 8.00. The van der Waals surface area contributed by atoms with Gasteiger partial charge in [-0.15, -0.1) is 11.8 Å². The van der Waals surface area contributed by atoms with E-state index in [1.807, 2.05) is 25.1 Å². The van der Waals surface area contributed by atoms with Crippen molar-refractivity contribution in [1.82, 2.24) is 4.31 Å². The lowest BCUT2D eigenvalue weighted by Crippen LogP contribution is -2.32. The van der Waals surface area contributed by atoms with Gasteiger partial charge in [0, 0.05) is 12.3 Å². The zero-order chi connectivity index (χ0) is 15.6. The summed E-state index contributed by atoms with van der Waals surface area (Å²) in [6, 6.07) is 5.73. The molecule has 2 aliphatic rings. The van der Waals surface area contributed by atoms with E-state index >= 15 is 0 Å². The summed E-state index contributed by atoms with van der Waals surface area (Å²) < 4.78 is 37.8. The van der Waals surface area contributed by atoms with E-state index in [-0.39, 0.29) is 11.1 Å². The van der Waals surface area contributed by atoms with Crippen LogP contribution in [0.1, 0.15) is 30.7 Å². The number of hydrogen-bond donors (Lipinski definition) is 0. The van der Waals surface area contributed by atoms with Crippen molar-refractivity contribution >= 4 is 21.8 Å². The van der Waals surface area contributed by atoms with Gasteiger partial charge in [0.15, 0.2) is 11.5 Å². The monoisotopic (exact) mass is 343 g/mol. The Bertz CT molecular complexity index is 632. The number of benzene rings is 1. The third kappa shape index (κ3) is 3.21. The predicted molar refractivity (Wildman–Crippen MR) is 88.0 cm³/mol. The summed E-state index contributed by atoms with van der Waals surface area (Å²) >= 11 is 1.66. The van der Waals surface area contributed by atoms with E-state index < -0.39 is 10.0 Å². The molecule has 0 aromatic heterocycles. The molecular weight excluding hydrogens is 322 g/mol. The summed E-state index contributed by atoms with van der Waals surface area (Å²) in [7, 11) is -3.20. The fourth-order valence-electron chi connectivity index (χ4n) is 2.66. The van der Waals surface area contributed by atoms with Gasteiger partial charge in [-0.05, 0) is 24.1 Å². The molecule has 22 heavy (non-hydrogen) atoms. The zero-order valence-electron chi connectivity index (χ0n) is 12.7. The SMILES string of the molecule is CCCCS(=O)(=O)N1CCSC1c1ccc2c(c1)OCCO2. The number of ether oxygens (including phenoxy) is 2. The van der Waals surface area contributed by atoms with Crippen LogP contribution in [0.2, 0.25) is 0 Å². The van der Waals surface area contributed by atoms with Crippen molar-refractivity contribution in [3.05, 3.63) is 23.8 Å². The lowest BCUT2D eigenvalue weighted by Gasteiger charge is -2.25. The van der Waals surface area contributed by atoms with Crippen molar-refractivity contribution in [2.24, 2.45) is 0 Å². The first kappa shape index (κ1) is 16.0. The largest absolute Gasteiger partial charge is 0.486 e. The van der Waals surface area contributed by atoms with Crippen LogP contribution in [0.5, 0.6) is 11.5 Å². The van der Waals surface area contributed by atoms with E-state index in [9.17, 15) is 8.42 Å². The van der Waals surface area contributed by atoms with E-state index in [1.165, 1.54) is 0 Å². The number of unbranched alkanes of at least 4 members (excludes halogenated alkanes) is 1. The van der Waals surface area contributed by atoms with E-state index in [0.717, 1.165) is 23.5 Å². The molecule has 2 heterocycles. The van der Waals surface area contributed by atoms with Crippen LogP contribution < -0.4 is 9.47 Å². The third-order valence-corrected chi connectivity index (χ3v) is 7.12. The number of hydrogen-bond acceptors (Lipinski definition) is 5. The molecule has 0 amide bonds. The van der Waals surface area contributed by atoms with Crippen LogP contribution in [0.4, 0.5) is 0 Å². The number of fused-ring (bicyclic) bond motifs is 1. The Hall–Kier alpha value is -0.920. The van der Waals surface area contributed by atoms with Crippen molar-refractivity contribution < 1.29 is 17.9 Å². The Balaban J connectivity index is 1.84. The Morgan fingerprint density at radius 1 is 1.27 bits per heavy atom. The van der Waals surface area contributed by atoms with Crippen molar-refractivity contribution in [1.29, 1.82) is 0 Å². The van der Waals surface area contributed by atoms with Crippen molar-refractivity contribution in [3.8, 4) is 11.5 Å². The molecular formula is C15H21NO4S2. The second kappa shape index (κ2) is 6.68. The Labute approximate surface area is 136 Å². The first-order valence-electron chi connectivity index (χ1n) is 7.62. The molecule has 1 saturated heterocycles. The predicted octanol–water partition coefficient (Wildman–Crippen LogP) is 2.64. The summed E-state index contributed by atoms with van der Waals surface area (Å²) in [6.45, 7) is 3.68. The summed E-state index contributed by atoms with van der Waals surface area (Å²) in [4.78, 5) is 0. The van der Waals surface area contributed by atoms with Crippen LogP contribution in [0.15, 0.2) is 18.2 Å². The van der Waals surface area contributed by atoms with E-state index in [4.69, 9.17) is 9.47 Å². The fraction of sp³-hybridized carbons (Fsp3) is 0.600. The third-order valence-electron chi connectivity index (χ3n) is 3.81. The maximum atomic E-state index is 12.5. The minimum Gasteiger partial charge on any atom is -0.486 e. The Morgan fingerprint density at radius 3 is 2.82 bits per heavy atom. The Morgan fingerprint density at radius 2 is 2.05 bits per heavy atom. The highest BCUT2D eigenvalue weighted by Gasteiger charge is 2.35. The quantitative estimate of drug-likeness (QED) is 0.823. The first-order chi connectivity index (χ1) is 10.6. The van der Waals surface area contributed by atoms with E-state index in [0.29, 0.717) is 31.9 Å². The van der Waals surface area contributed by atoms with Crippen LogP contribution in [0, 0.1) is 0 Å². The number of thioether (sulfide) groups is 1. The second-order valence-electron chi connectivity index (χ2n) is 5.41. The molecule has 5 nitrogen and oxygen atoms in total. The summed E-state index contributed by atoms with van der Waals surface area (Å²) in [5, 5.41) is -0.155. The Kier molecular flexibility index (Phi) is 4.84. The van der Waals surface area contributed by atoms with Crippen LogP contribution >= 0.6 is 11.8 Å². The average Bonchev–Trinajstić information content (AvgIpc) is 3.03. The molecule has 1 unspecified atom stereocenters. The lowest BCUT2D eigenvalue weighted by atomic mass is 10.2. The maximum absolute atomic E-state index is 12.5. The van der Waals surface area contributed by atoms with Gasteiger partial charge in [-0.2, -0.15) is 4.31 Å². The van der Waals surface area contributed by atoms with Crippen molar-refractivity contribution in [3.63, 3.8) is 0 Å². The van der Waals surface area contributed by atoms with Gasteiger partial charge in [0.25, 0.3) is 0 Å². The maximum Gasteiger partial charge on any atom is 0.215 e. The molecule has 1 aromatic carbocycles. The molecule has 0 radical (unpaired) electrons. The zero-order valence-corrected chi connectivity index (χ0v) is 14.3. The minimum absolute atomic E-state index is 0.155. The first-order valence-corrected chi connectivity index (χ1v) is 10.3. The summed E-state index contributed by atoms with van der Waals surface area (Å²) in [6.07, 6.45) is 1.59. The molecule has 0 spiro atoms. The smallest absolute Gasteiger partial charge is 0.215 e. The second-order valence-corrected chi connectivity index (χ2v) is 8.64. The van der Waals surface area contributed by atoms with Crippen LogP contribution in [-0.2, 0) is 10.0 Å². The molecule has 0 saturated carbocycles. The van der Waals surface area contributed by atoms with Gasteiger partial charge in [0.05, 0.1) is 11.1 Å². The highest BCUT2D eigenvalue weighted by Crippen LogP contribution is 2.43. The molecule has 3 rings (SSSR count). The topological polar surface area (TPSA) is 55.8 Å².